The summed E-state index contributed by atoms with van der Waals surface area (Å²) in [5, 5.41) is 21.6. The molecular weight excluding hydrogens is 312 g/mol. The number of nitriles is 1. The summed E-state index contributed by atoms with van der Waals surface area (Å²) in [5.41, 5.74) is 0.962. The van der Waals surface area contributed by atoms with Gasteiger partial charge in [-0.15, -0.1) is 0 Å². The first-order valence-electron chi connectivity index (χ1n) is 7.91. The predicted octanol–water partition coefficient (Wildman–Crippen LogP) is 4.19. The van der Waals surface area contributed by atoms with Crippen LogP contribution in [-0.2, 0) is 5.41 Å². The number of hydrogen-bond acceptors (Lipinski definition) is 3. The van der Waals surface area contributed by atoms with Crippen molar-refractivity contribution in [2.24, 2.45) is 0 Å². The van der Waals surface area contributed by atoms with E-state index in [4.69, 9.17) is 0 Å². The Morgan fingerprint density at radius 1 is 0.760 bits per heavy atom. The molecular formula is C21H16N2O2. The predicted molar refractivity (Wildman–Crippen MR) is 95.6 cm³/mol. The Labute approximate surface area is 146 Å². The van der Waals surface area contributed by atoms with Crippen LogP contribution in [0.25, 0.3) is 0 Å². The lowest BCUT2D eigenvalue weighted by atomic mass is 9.65. The average Bonchev–Trinajstić information content (AvgIpc) is 2.68. The van der Waals surface area contributed by atoms with Gasteiger partial charge < -0.3 is 0 Å². The van der Waals surface area contributed by atoms with E-state index in [1.54, 1.807) is 0 Å². The summed E-state index contributed by atoms with van der Waals surface area (Å²) in [5.74, 6) is 0. The quantitative estimate of drug-likeness (QED) is 0.401. The van der Waals surface area contributed by atoms with Crippen molar-refractivity contribution < 1.29 is 4.92 Å². The van der Waals surface area contributed by atoms with Gasteiger partial charge in [-0.25, -0.2) is 0 Å². The molecule has 0 aliphatic rings. The first-order valence-corrected chi connectivity index (χ1v) is 7.91. The van der Waals surface area contributed by atoms with Crippen molar-refractivity contribution in [1.29, 1.82) is 5.26 Å². The van der Waals surface area contributed by atoms with Crippen molar-refractivity contribution in [3.63, 3.8) is 0 Å². The fraction of sp³-hybridized carbons (Fsp3) is 0.0952. The zero-order valence-corrected chi connectivity index (χ0v) is 13.4. The van der Waals surface area contributed by atoms with Crippen molar-refractivity contribution in [2.75, 3.05) is 0 Å². The lowest BCUT2D eigenvalue weighted by Crippen LogP contribution is -2.45. The highest BCUT2D eigenvalue weighted by Gasteiger charge is 2.51. The molecule has 0 aromatic heterocycles. The molecule has 3 aromatic carbocycles. The van der Waals surface area contributed by atoms with Gasteiger partial charge in [0.25, 0.3) is 0 Å². The van der Waals surface area contributed by atoms with Crippen LogP contribution in [0.5, 0.6) is 0 Å². The Morgan fingerprint density at radius 3 is 1.32 bits per heavy atom. The van der Waals surface area contributed by atoms with Crippen molar-refractivity contribution in [1.82, 2.24) is 0 Å². The molecule has 0 bridgehead atoms. The zero-order chi connectivity index (χ0) is 17.7. The molecule has 0 heterocycles. The molecule has 0 amide bonds. The van der Waals surface area contributed by atoms with Gasteiger partial charge in [0.2, 0.25) is 0 Å². The maximum absolute atomic E-state index is 11.9. The lowest BCUT2D eigenvalue weighted by molar-refractivity contribution is -0.514. The van der Waals surface area contributed by atoms with Crippen molar-refractivity contribution in [3.05, 3.63) is 118 Å². The van der Waals surface area contributed by atoms with E-state index in [9.17, 15) is 15.4 Å². The van der Waals surface area contributed by atoms with E-state index in [2.05, 4.69) is 0 Å². The van der Waals surface area contributed by atoms with Gasteiger partial charge in [-0.05, 0) is 16.7 Å². The normalized spacial score (nSPS) is 12.1. The minimum Gasteiger partial charge on any atom is -0.263 e. The molecule has 1 unspecified atom stereocenters. The second-order valence-electron chi connectivity index (χ2n) is 5.72. The third-order valence-corrected chi connectivity index (χ3v) is 4.43. The second-order valence-corrected chi connectivity index (χ2v) is 5.72. The van der Waals surface area contributed by atoms with Crippen LogP contribution in [0.3, 0.4) is 0 Å². The summed E-state index contributed by atoms with van der Waals surface area (Å²) in [6.45, 7) is 0. The van der Waals surface area contributed by atoms with E-state index < -0.39 is 16.4 Å². The molecule has 0 fully saturated rings. The highest BCUT2D eigenvalue weighted by Crippen LogP contribution is 2.43. The van der Waals surface area contributed by atoms with E-state index in [1.165, 1.54) is 0 Å². The first-order chi connectivity index (χ1) is 12.2. The molecule has 3 aromatic rings. The zero-order valence-electron chi connectivity index (χ0n) is 13.4. The SMILES string of the molecule is N#CC([N+](=O)[O-])C(c1ccccc1)(c1ccccc1)c1ccccc1. The van der Waals surface area contributed by atoms with Crippen LogP contribution in [0.1, 0.15) is 16.7 Å². The molecule has 0 aliphatic carbocycles. The highest BCUT2D eigenvalue weighted by atomic mass is 16.6. The van der Waals surface area contributed by atoms with Crippen LogP contribution in [0.2, 0.25) is 0 Å². The van der Waals surface area contributed by atoms with Crippen LogP contribution < -0.4 is 0 Å². The molecule has 3 rings (SSSR count). The van der Waals surface area contributed by atoms with Crippen molar-refractivity contribution in [3.8, 4) is 6.07 Å². The van der Waals surface area contributed by atoms with Crippen LogP contribution in [0.15, 0.2) is 91.0 Å². The first kappa shape index (κ1) is 16.4. The van der Waals surface area contributed by atoms with Crippen molar-refractivity contribution >= 4 is 0 Å². The van der Waals surface area contributed by atoms with Gasteiger partial charge in [-0.2, -0.15) is 5.26 Å². The molecule has 4 heteroatoms. The van der Waals surface area contributed by atoms with E-state index in [1.807, 2.05) is 97.1 Å². The maximum Gasteiger partial charge on any atom is 0.314 e. The summed E-state index contributed by atoms with van der Waals surface area (Å²) < 4.78 is 0. The molecule has 0 radical (unpaired) electrons. The van der Waals surface area contributed by atoms with Gasteiger partial charge in [0.1, 0.15) is 11.5 Å². The van der Waals surface area contributed by atoms with E-state index in [0.717, 1.165) is 16.7 Å². The van der Waals surface area contributed by atoms with E-state index >= 15 is 0 Å². The Morgan fingerprint density at radius 2 is 1.08 bits per heavy atom. The second kappa shape index (κ2) is 6.98. The molecule has 0 saturated heterocycles. The monoisotopic (exact) mass is 328 g/mol. The third-order valence-electron chi connectivity index (χ3n) is 4.43. The number of hydrogen-bond donors (Lipinski definition) is 0. The summed E-state index contributed by atoms with van der Waals surface area (Å²) >= 11 is 0. The summed E-state index contributed by atoms with van der Waals surface area (Å²) in [7, 11) is 0. The molecule has 0 saturated carbocycles. The molecule has 4 nitrogen and oxygen atoms in total. The topological polar surface area (TPSA) is 66.9 Å². The lowest BCUT2D eigenvalue weighted by Gasteiger charge is -2.34. The highest BCUT2D eigenvalue weighted by molar-refractivity contribution is 5.53. The average molecular weight is 328 g/mol. The molecule has 0 aliphatic heterocycles. The molecule has 0 N–H and O–H groups in total. The van der Waals surface area contributed by atoms with Crippen LogP contribution in [-0.4, -0.2) is 11.0 Å². The van der Waals surface area contributed by atoms with Crippen molar-refractivity contribution in [2.45, 2.75) is 11.5 Å². The van der Waals surface area contributed by atoms with E-state index in [-0.39, 0.29) is 0 Å². The number of nitro groups is 1. The number of benzene rings is 3. The summed E-state index contributed by atoms with van der Waals surface area (Å²) in [4.78, 5) is 11.4. The van der Waals surface area contributed by atoms with Gasteiger partial charge in [0.15, 0.2) is 0 Å². The molecule has 122 valence electrons. The Kier molecular flexibility index (Phi) is 4.58. The van der Waals surface area contributed by atoms with Crippen LogP contribution >= 0.6 is 0 Å². The largest absolute Gasteiger partial charge is 0.314 e. The minimum atomic E-state index is -1.46. The van der Waals surface area contributed by atoms with Crippen LogP contribution in [0, 0.1) is 21.4 Å². The Balaban J connectivity index is 2.44. The summed E-state index contributed by atoms with van der Waals surface area (Å²) in [6, 6.07) is 28.1. The van der Waals surface area contributed by atoms with Gasteiger partial charge in [-0.1, -0.05) is 91.0 Å². The van der Waals surface area contributed by atoms with Gasteiger partial charge in [0.05, 0.1) is 0 Å². The van der Waals surface area contributed by atoms with E-state index in [0.29, 0.717) is 0 Å². The van der Waals surface area contributed by atoms with Gasteiger partial charge in [0, 0.05) is 4.92 Å². The van der Waals surface area contributed by atoms with Gasteiger partial charge >= 0.3 is 6.04 Å². The Bertz CT molecular complexity index is 791. The summed E-state index contributed by atoms with van der Waals surface area (Å²) in [6.07, 6.45) is 0. The fourth-order valence-corrected chi connectivity index (χ4v) is 3.38. The number of nitrogens with zero attached hydrogens (tertiary/aromatic N) is 2. The minimum absolute atomic E-state index is 0.493. The third kappa shape index (κ3) is 2.77. The fourth-order valence-electron chi connectivity index (χ4n) is 3.38. The smallest absolute Gasteiger partial charge is 0.263 e. The standard InChI is InChI=1S/C21H16N2O2/c22-16-20(23(24)25)21(17-10-4-1-5-11-17,18-12-6-2-7-13-18)19-14-8-3-9-15-19/h1-15,20H. The Hall–Kier alpha value is -3.45. The van der Waals surface area contributed by atoms with Crippen LogP contribution in [0.4, 0.5) is 0 Å². The number of rotatable bonds is 5. The maximum atomic E-state index is 11.9. The van der Waals surface area contributed by atoms with Gasteiger partial charge in [-0.3, -0.25) is 10.1 Å². The molecule has 1 atom stereocenters. The molecule has 0 spiro atoms. The molecule has 25 heavy (non-hydrogen) atoms.